The lowest BCUT2D eigenvalue weighted by Gasteiger charge is -2.18. The highest BCUT2D eigenvalue weighted by atomic mass is 14.7. The number of nitrogens with zero attached hydrogens (tertiary/aromatic N) is 1. The van der Waals surface area contributed by atoms with E-state index in [1.165, 1.54) is 16.7 Å². The van der Waals surface area contributed by atoms with Crippen LogP contribution in [0.4, 0.5) is 0 Å². The first-order chi connectivity index (χ1) is 8.88. The second kappa shape index (κ2) is 5.16. The molecule has 0 aliphatic heterocycles. The van der Waals surface area contributed by atoms with Crippen LogP contribution in [0.1, 0.15) is 51.7 Å². The molecule has 0 aliphatic carbocycles. The molecule has 1 nitrogen and oxygen atoms in total. The average Bonchev–Trinajstić information content (AvgIpc) is 2.38. The van der Waals surface area contributed by atoms with Crippen LogP contribution in [-0.4, -0.2) is 4.98 Å². The Bertz CT molecular complexity index is 527. The van der Waals surface area contributed by atoms with Gasteiger partial charge in [-0.3, -0.25) is 4.98 Å². The van der Waals surface area contributed by atoms with Crippen molar-refractivity contribution in [2.45, 2.75) is 46.0 Å². The molecule has 1 aromatic heterocycles. The van der Waals surface area contributed by atoms with Crippen LogP contribution in [-0.2, 0) is 5.41 Å². The molecule has 0 unspecified atom stereocenters. The molecule has 0 fully saturated rings. The summed E-state index contributed by atoms with van der Waals surface area (Å²) in [5.41, 5.74) is 5.03. The van der Waals surface area contributed by atoms with Gasteiger partial charge >= 0.3 is 0 Å². The summed E-state index contributed by atoms with van der Waals surface area (Å²) in [5.74, 6) is 0.574. The Balaban J connectivity index is 2.27. The quantitative estimate of drug-likeness (QED) is 0.719. The largest absolute Gasteiger partial charge is 0.256 e. The molecule has 0 bridgehead atoms. The van der Waals surface area contributed by atoms with Crippen molar-refractivity contribution in [1.82, 2.24) is 4.98 Å². The van der Waals surface area contributed by atoms with Gasteiger partial charge < -0.3 is 0 Å². The van der Waals surface area contributed by atoms with Gasteiger partial charge in [0.05, 0.1) is 5.69 Å². The second-order valence-electron chi connectivity index (χ2n) is 6.46. The minimum atomic E-state index is 0.160. The van der Waals surface area contributed by atoms with Gasteiger partial charge in [0.15, 0.2) is 0 Å². The lowest BCUT2D eigenvalue weighted by Crippen LogP contribution is -2.11. The molecule has 0 spiro atoms. The summed E-state index contributed by atoms with van der Waals surface area (Å²) in [6.07, 6.45) is 1.99. The highest BCUT2D eigenvalue weighted by Gasteiger charge is 2.13. The van der Waals surface area contributed by atoms with Gasteiger partial charge in [-0.05, 0) is 28.5 Å². The molecule has 0 saturated carbocycles. The number of hydrogen-bond donors (Lipinski definition) is 0. The van der Waals surface area contributed by atoms with Crippen LogP contribution in [0.25, 0.3) is 11.3 Å². The fourth-order valence-electron chi connectivity index (χ4n) is 2.05. The molecule has 1 heteroatoms. The van der Waals surface area contributed by atoms with Crippen molar-refractivity contribution in [1.29, 1.82) is 0 Å². The van der Waals surface area contributed by atoms with E-state index in [1.54, 1.807) is 0 Å². The van der Waals surface area contributed by atoms with Gasteiger partial charge in [-0.15, -0.1) is 0 Å². The second-order valence-corrected chi connectivity index (χ2v) is 6.46. The summed E-state index contributed by atoms with van der Waals surface area (Å²) in [6, 6.07) is 13.0. The van der Waals surface area contributed by atoms with Crippen molar-refractivity contribution in [3.05, 3.63) is 53.7 Å². The number of pyridine rings is 1. The first-order valence-electron chi connectivity index (χ1n) is 6.95. The van der Waals surface area contributed by atoms with Gasteiger partial charge in [-0.25, -0.2) is 0 Å². The maximum atomic E-state index is 4.59. The Hall–Kier alpha value is -1.63. The standard InChI is InChI=1S/C18H23N/c1-13(2)14-6-8-15(9-7-14)17-11-10-16(12-19-17)18(3,4)5/h6-13H,1-5H3. The average molecular weight is 253 g/mol. The molecule has 0 radical (unpaired) electrons. The van der Waals surface area contributed by atoms with E-state index in [9.17, 15) is 0 Å². The van der Waals surface area contributed by atoms with E-state index in [4.69, 9.17) is 0 Å². The lowest BCUT2D eigenvalue weighted by molar-refractivity contribution is 0.587. The molecule has 2 rings (SSSR count). The molecule has 1 aromatic carbocycles. The summed E-state index contributed by atoms with van der Waals surface area (Å²) in [4.78, 5) is 4.59. The molecule has 100 valence electrons. The van der Waals surface area contributed by atoms with Crippen LogP contribution >= 0.6 is 0 Å². The number of rotatable bonds is 2. The molecule has 19 heavy (non-hydrogen) atoms. The summed E-state index contributed by atoms with van der Waals surface area (Å²) >= 11 is 0. The lowest BCUT2D eigenvalue weighted by atomic mass is 9.88. The van der Waals surface area contributed by atoms with E-state index in [1.807, 2.05) is 6.20 Å². The monoisotopic (exact) mass is 253 g/mol. The van der Waals surface area contributed by atoms with E-state index in [0.29, 0.717) is 5.92 Å². The van der Waals surface area contributed by atoms with Crippen molar-refractivity contribution in [2.24, 2.45) is 0 Å². The van der Waals surface area contributed by atoms with Crippen LogP contribution < -0.4 is 0 Å². The van der Waals surface area contributed by atoms with E-state index in [-0.39, 0.29) is 5.41 Å². The number of hydrogen-bond acceptors (Lipinski definition) is 1. The summed E-state index contributed by atoms with van der Waals surface area (Å²) in [6.45, 7) is 11.1. The van der Waals surface area contributed by atoms with Crippen molar-refractivity contribution < 1.29 is 0 Å². The summed E-state index contributed by atoms with van der Waals surface area (Å²) in [7, 11) is 0. The van der Waals surface area contributed by atoms with Gasteiger partial charge in [0.2, 0.25) is 0 Å². The van der Waals surface area contributed by atoms with E-state index in [2.05, 4.69) is 76.0 Å². The van der Waals surface area contributed by atoms with Crippen molar-refractivity contribution >= 4 is 0 Å². The molecular weight excluding hydrogens is 230 g/mol. The summed E-state index contributed by atoms with van der Waals surface area (Å²) in [5, 5.41) is 0. The van der Waals surface area contributed by atoms with E-state index >= 15 is 0 Å². The third kappa shape index (κ3) is 3.23. The highest BCUT2D eigenvalue weighted by molar-refractivity contribution is 5.59. The molecule has 0 saturated heterocycles. The SMILES string of the molecule is CC(C)c1ccc(-c2ccc(C(C)(C)C)cn2)cc1. The first-order valence-corrected chi connectivity index (χ1v) is 6.95. The van der Waals surface area contributed by atoms with E-state index < -0.39 is 0 Å². The summed E-state index contributed by atoms with van der Waals surface area (Å²) < 4.78 is 0. The molecule has 0 atom stereocenters. The van der Waals surface area contributed by atoms with Crippen LogP contribution in [0, 0.1) is 0 Å². The van der Waals surface area contributed by atoms with Crippen molar-refractivity contribution in [3.8, 4) is 11.3 Å². The molecule has 1 heterocycles. The third-order valence-corrected chi connectivity index (χ3v) is 3.50. The Morgan fingerprint density at radius 1 is 0.895 bits per heavy atom. The molecule has 0 N–H and O–H groups in total. The predicted molar refractivity (Wildman–Crippen MR) is 82.5 cm³/mol. The van der Waals surface area contributed by atoms with Crippen molar-refractivity contribution in [2.75, 3.05) is 0 Å². The Morgan fingerprint density at radius 2 is 1.53 bits per heavy atom. The van der Waals surface area contributed by atoms with Crippen molar-refractivity contribution in [3.63, 3.8) is 0 Å². The molecular formula is C18H23N. The first kappa shape index (κ1) is 13.8. The maximum Gasteiger partial charge on any atom is 0.0702 e. The number of aromatic nitrogens is 1. The smallest absolute Gasteiger partial charge is 0.0702 e. The Kier molecular flexibility index (Phi) is 3.75. The fraction of sp³-hybridized carbons (Fsp3) is 0.389. The minimum Gasteiger partial charge on any atom is -0.256 e. The molecule has 2 aromatic rings. The normalized spacial score (nSPS) is 11.9. The Morgan fingerprint density at radius 3 is 1.95 bits per heavy atom. The highest BCUT2D eigenvalue weighted by Crippen LogP contribution is 2.25. The van der Waals surface area contributed by atoms with Crippen LogP contribution in [0.2, 0.25) is 0 Å². The maximum absolute atomic E-state index is 4.59. The van der Waals surface area contributed by atoms with Gasteiger partial charge in [0.1, 0.15) is 0 Å². The number of benzene rings is 1. The minimum absolute atomic E-state index is 0.160. The fourth-order valence-corrected chi connectivity index (χ4v) is 2.05. The predicted octanol–water partition coefficient (Wildman–Crippen LogP) is 5.17. The van der Waals surface area contributed by atoms with Gasteiger partial charge in [0.25, 0.3) is 0 Å². The van der Waals surface area contributed by atoms with Gasteiger partial charge in [-0.1, -0.05) is 65.0 Å². The zero-order chi connectivity index (χ0) is 14.0. The van der Waals surface area contributed by atoms with Crippen LogP contribution in [0.5, 0.6) is 0 Å². The van der Waals surface area contributed by atoms with Crippen LogP contribution in [0.3, 0.4) is 0 Å². The molecule has 0 amide bonds. The zero-order valence-corrected chi connectivity index (χ0v) is 12.6. The van der Waals surface area contributed by atoms with Gasteiger partial charge in [-0.2, -0.15) is 0 Å². The third-order valence-electron chi connectivity index (χ3n) is 3.50. The Labute approximate surface area is 116 Å². The zero-order valence-electron chi connectivity index (χ0n) is 12.6. The molecule has 0 aliphatic rings. The van der Waals surface area contributed by atoms with Gasteiger partial charge in [0, 0.05) is 11.8 Å². The van der Waals surface area contributed by atoms with E-state index in [0.717, 1.165) is 5.69 Å². The van der Waals surface area contributed by atoms with Crippen LogP contribution in [0.15, 0.2) is 42.6 Å². The topological polar surface area (TPSA) is 12.9 Å².